The minimum absolute atomic E-state index is 0.0110. The molecule has 0 spiro atoms. The van der Waals surface area contributed by atoms with Crippen molar-refractivity contribution in [1.29, 1.82) is 0 Å². The average Bonchev–Trinajstić information content (AvgIpc) is 2.90. The summed E-state index contributed by atoms with van der Waals surface area (Å²) in [4.78, 5) is 4.26. The highest BCUT2D eigenvalue weighted by Gasteiger charge is 2.34. The number of aliphatic hydroxyl groups is 1. The minimum Gasteiger partial charge on any atom is -0.396 e. The monoisotopic (exact) mass is 315 g/mol. The Kier molecular flexibility index (Phi) is 7.59. The van der Waals surface area contributed by atoms with Crippen LogP contribution in [0.5, 0.6) is 0 Å². The van der Waals surface area contributed by atoms with Crippen molar-refractivity contribution >= 4 is 5.96 Å². The Labute approximate surface area is 134 Å². The van der Waals surface area contributed by atoms with Gasteiger partial charge in [0.15, 0.2) is 5.96 Å². The smallest absolute Gasteiger partial charge is 0.191 e. The van der Waals surface area contributed by atoms with Gasteiger partial charge in [-0.05, 0) is 18.3 Å². The van der Waals surface area contributed by atoms with Crippen LogP contribution >= 0.6 is 0 Å². The molecule has 22 heavy (non-hydrogen) atoms. The van der Waals surface area contributed by atoms with Crippen LogP contribution in [0.1, 0.15) is 33.6 Å². The first kappa shape index (κ1) is 19.2. The maximum absolute atomic E-state index is 9.27. The summed E-state index contributed by atoms with van der Waals surface area (Å²) in [6.07, 6.45) is 1.83. The first-order valence-electron chi connectivity index (χ1n) is 8.03. The zero-order chi connectivity index (χ0) is 16.6. The molecule has 0 radical (unpaired) electrons. The number of nitrogens with one attached hydrogen (secondary N) is 2. The Morgan fingerprint density at radius 1 is 1.41 bits per heavy atom. The van der Waals surface area contributed by atoms with Gasteiger partial charge in [-0.3, -0.25) is 4.99 Å². The first-order valence-corrected chi connectivity index (χ1v) is 8.03. The minimum atomic E-state index is 0.0110. The molecule has 2 unspecified atom stereocenters. The van der Waals surface area contributed by atoms with Crippen LogP contribution in [-0.2, 0) is 9.47 Å². The molecule has 0 aromatic carbocycles. The number of methoxy groups -OCH3 is 1. The fourth-order valence-electron chi connectivity index (χ4n) is 2.74. The quantitative estimate of drug-likeness (QED) is 0.483. The molecule has 1 heterocycles. The van der Waals surface area contributed by atoms with Crippen LogP contribution in [0, 0.1) is 10.8 Å². The van der Waals surface area contributed by atoms with Crippen LogP contribution < -0.4 is 10.6 Å². The van der Waals surface area contributed by atoms with E-state index in [0.29, 0.717) is 13.2 Å². The summed E-state index contributed by atoms with van der Waals surface area (Å²) in [5, 5.41) is 15.9. The van der Waals surface area contributed by atoms with E-state index in [4.69, 9.17) is 9.47 Å². The Hall–Kier alpha value is -0.850. The van der Waals surface area contributed by atoms with Gasteiger partial charge < -0.3 is 25.2 Å². The molecule has 130 valence electrons. The van der Waals surface area contributed by atoms with Gasteiger partial charge in [0.2, 0.25) is 0 Å². The molecular weight excluding hydrogens is 282 g/mol. The van der Waals surface area contributed by atoms with Gasteiger partial charge in [0.1, 0.15) is 0 Å². The number of hydrogen-bond donors (Lipinski definition) is 3. The van der Waals surface area contributed by atoms with Crippen molar-refractivity contribution in [3.8, 4) is 0 Å². The lowest BCUT2D eigenvalue weighted by atomic mass is 9.84. The lowest BCUT2D eigenvalue weighted by Crippen LogP contribution is -2.48. The van der Waals surface area contributed by atoms with E-state index in [-0.39, 0.29) is 23.5 Å². The van der Waals surface area contributed by atoms with E-state index in [1.165, 1.54) is 0 Å². The number of nitrogens with zero attached hydrogens (tertiary/aromatic N) is 1. The van der Waals surface area contributed by atoms with E-state index in [0.717, 1.165) is 32.0 Å². The molecule has 1 aliphatic rings. The average molecular weight is 315 g/mol. The molecule has 0 aromatic rings. The molecular formula is C16H33N3O3. The summed E-state index contributed by atoms with van der Waals surface area (Å²) in [5.74, 6) is 0.760. The van der Waals surface area contributed by atoms with Crippen molar-refractivity contribution in [3.63, 3.8) is 0 Å². The molecule has 0 bridgehead atoms. The maximum atomic E-state index is 9.27. The second-order valence-corrected chi connectivity index (χ2v) is 7.17. The van der Waals surface area contributed by atoms with Crippen molar-refractivity contribution in [2.45, 2.75) is 39.7 Å². The van der Waals surface area contributed by atoms with E-state index in [2.05, 4.69) is 36.4 Å². The van der Waals surface area contributed by atoms with Gasteiger partial charge in [0, 0.05) is 45.9 Å². The van der Waals surface area contributed by atoms with Crippen LogP contribution in [0.2, 0.25) is 0 Å². The first-order chi connectivity index (χ1) is 10.4. The summed E-state index contributed by atoms with van der Waals surface area (Å²) in [5.41, 5.74) is 0.0784. The summed E-state index contributed by atoms with van der Waals surface area (Å²) < 4.78 is 11.1. The van der Waals surface area contributed by atoms with Gasteiger partial charge in [-0.25, -0.2) is 0 Å². The zero-order valence-corrected chi connectivity index (χ0v) is 14.7. The normalized spacial score (nSPS) is 24.4. The number of guanidine groups is 1. The number of ether oxygens (including phenoxy) is 2. The van der Waals surface area contributed by atoms with E-state index in [1.54, 1.807) is 14.2 Å². The molecule has 3 N–H and O–H groups in total. The predicted octanol–water partition coefficient (Wildman–Crippen LogP) is 1.00. The number of hydrogen-bond acceptors (Lipinski definition) is 4. The van der Waals surface area contributed by atoms with E-state index in [9.17, 15) is 5.11 Å². The molecule has 0 amide bonds. The highest BCUT2D eigenvalue weighted by molar-refractivity contribution is 5.79. The highest BCUT2D eigenvalue weighted by Crippen LogP contribution is 2.31. The van der Waals surface area contributed by atoms with E-state index < -0.39 is 0 Å². The molecule has 0 saturated carbocycles. The SMILES string of the molecule is CN=C(NCC(OC)C(C)(C)C)NCC1(CCO)CCOC1. The molecule has 1 aliphatic heterocycles. The molecule has 0 aliphatic carbocycles. The van der Waals surface area contributed by atoms with Gasteiger partial charge in [0.05, 0.1) is 12.7 Å². The summed E-state index contributed by atoms with van der Waals surface area (Å²) >= 11 is 0. The second kappa shape index (κ2) is 8.70. The zero-order valence-electron chi connectivity index (χ0n) is 14.7. The third-order valence-electron chi connectivity index (χ3n) is 4.39. The largest absolute Gasteiger partial charge is 0.396 e. The molecule has 2 atom stereocenters. The lowest BCUT2D eigenvalue weighted by molar-refractivity contribution is 0.0205. The van der Waals surface area contributed by atoms with Crippen LogP contribution in [0.4, 0.5) is 0 Å². The Bertz CT molecular complexity index is 347. The van der Waals surface area contributed by atoms with Crippen LogP contribution in [0.25, 0.3) is 0 Å². The van der Waals surface area contributed by atoms with Gasteiger partial charge >= 0.3 is 0 Å². The maximum Gasteiger partial charge on any atom is 0.191 e. The third-order valence-corrected chi connectivity index (χ3v) is 4.39. The van der Waals surface area contributed by atoms with Crippen molar-refractivity contribution in [2.75, 3.05) is 47.1 Å². The highest BCUT2D eigenvalue weighted by atomic mass is 16.5. The van der Waals surface area contributed by atoms with Crippen molar-refractivity contribution in [1.82, 2.24) is 10.6 Å². The van der Waals surface area contributed by atoms with E-state index in [1.807, 2.05) is 0 Å². The summed E-state index contributed by atoms with van der Waals surface area (Å²) in [6.45, 7) is 9.57. The number of rotatable bonds is 7. The summed E-state index contributed by atoms with van der Waals surface area (Å²) in [7, 11) is 3.50. The van der Waals surface area contributed by atoms with Crippen molar-refractivity contribution < 1.29 is 14.6 Å². The fraction of sp³-hybridized carbons (Fsp3) is 0.938. The Morgan fingerprint density at radius 3 is 2.59 bits per heavy atom. The standard InChI is InChI=1S/C16H33N3O3/c1-15(2,3)13(21-5)10-18-14(17-4)19-11-16(6-8-20)7-9-22-12-16/h13,20H,6-12H2,1-5H3,(H2,17,18,19). The van der Waals surface area contributed by atoms with Gasteiger partial charge in [0.25, 0.3) is 0 Å². The molecule has 0 aromatic heterocycles. The predicted molar refractivity (Wildman–Crippen MR) is 89.2 cm³/mol. The van der Waals surface area contributed by atoms with Gasteiger partial charge in [-0.1, -0.05) is 20.8 Å². The summed E-state index contributed by atoms with van der Waals surface area (Å²) in [6, 6.07) is 0. The van der Waals surface area contributed by atoms with Gasteiger partial charge in [-0.15, -0.1) is 0 Å². The van der Waals surface area contributed by atoms with Crippen molar-refractivity contribution in [2.24, 2.45) is 15.8 Å². The third kappa shape index (κ3) is 5.74. The molecule has 1 fully saturated rings. The molecule has 6 heteroatoms. The number of aliphatic hydroxyl groups excluding tert-OH is 1. The fourth-order valence-corrected chi connectivity index (χ4v) is 2.74. The molecule has 1 saturated heterocycles. The molecule has 1 rings (SSSR count). The van der Waals surface area contributed by atoms with Crippen LogP contribution in [0.15, 0.2) is 4.99 Å². The lowest BCUT2D eigenvalue weighted by Gasteiger charge is -2.31. The van der Waals surface area contributed by atoms with Crippen LogP contribution in [-0.4, -0.2) is 64.2 Å². The van der Waals surface area contributed by atoms with Crippen molar-refractivity contribution in [3.05, 3.63) is 0 Å². The molecule has 6 nitrogen and oxygen atoms in total. The van der Waals surface area contributed by atoms with Crippen LogP contribution in [0.3, 0.4) is 0 Å². The Morgan fingerprint density at radius 2 is 2.14 bits per heavy atom. The Balaban J connectivity index is 2.48. The van der Waals surface area contributed by atoms with Gasteiger partial charge in [-0.2, -0.15) is 0 Å². The second-order valence-electron chi connectivity index (χ2n) is 7.17. The number of aliphatic imine (C=N–C) groups is 1. The topological polar surface area (TPSA) is 75.1 Å². The van der Waals surface area contributed by atoms with E-state index >= 15 is 0 Å².